The van der Waals surface area contributed by atoms with E-state index in [0.29, 0.717) is 11.1 Å². The Balaban J connectivity index is 3.03. The van der Waals surface area contributed by atoms with Gasteiger partial charge in [0, 0.05) is 0 Å². The molecule has 17 heavy (non-hydrogen) atoms. The molecule has 0 bridgehead atoms. The van der Waals surface area contributed by atoms with Crippen LogP contribution in [0.5, 0.6) is 0 Å². The largest absolute Gasteiger partial charge is 0.481 e. The van der Waals surface area contributed by atoms with Crippen LogP contribution in [0.2, 0.25) is 0 Å². The van der Waals surface area contributed by atoms with Gasteiger partial charge in [-0.1, -0.05) is 29.8 Å². The lowest BCUT2D eigenvalue weighted by molar-refractivity contribution is -0.135. The van der Waals surface area contributed by atoms with Crippen LogP contribution in [0.4, 0.5) is 0 Å². The van der Waals surface area contributed by atoms with E-state index in [4.69, 9.17) is 5.11 Å². The Bertz CT molecular complexity index is 460. The predicted molar refractivity (Wildman–Crippen MR) is 63.8 cm³/mol. The molecule has 90 valence electrons. The SMILES string of the molecule is COC(=O)c1ccc(C)cc1C=CCC(=O)O. The minimum Gasteiger partial charge on any atom is -0.481 e. The number of hydrogen-bond acceptors (Lipinski definition) is 3. The van der Waals surface area contributed by atoms with E-state index in [0.717, 1.165) is 5.56 Å². The Hall–Kier alpha value is -2.10. The van der Waals surface area contributed by atoms with Gasteiger partial charge in [-0.15, -0.1) is 0 Å². The molecule has 0 saturated heterocycles. The number of aryl methyl sites for hydroxylation is 1. The van der Waals surface area contributed by atoms with Crippen LogP contribution in [0.3, 0.4) is 0 Å². The molecule has 0 heterocycles. The molecule has 0 amide bonds. The Morgan fingerprint density at radius 2 is 2.12 bits per heavy atom. The molecule has 4 heteroatoms. The first-order chi connectivity index (χ1) is 8.04. The van der Waals surface area contributed by atoms with E-state index in [1.54, 1.807) is 18.2 Å². The second kappa shape index (κ2) is 5.84. The van der Waals surface area contributed by atoms with Crippen molar-refractivity contribution in [2.24, 2.45) is 0 Å². The van der Waals surface area contributed by atoms with Gasteiger partial charge in [0.05, 0.1) is 19.1 Å². The van der Waals surface area contributed by atoms with Crippen molar-refractivity contribution in [3.05, 3.63) is 41.0 Å². The third kappa shape index (κ3) is 3.75. The molecule has 0 aliphatic rings. The predicted octanol–water partition coefficient (Wildman–Crippen LogP) is 2.27. The summed E-state index contributed by atoms with van der Waals surface area (Å²) in [6, 6.07) is 5.28. The average Bonchev–Trinajstić information content (AvgIpc) is 2.28. The van der Waals surface area contributed by atoms with Crippen LogP contribution in [-0.4, -0.2) is 24.2 Å². The van der Waals surface area contributed by atoms with E-state index in [2.05, 4.69) is 4.74 Å². The number of rotatable bonds is 4. The summed E-state index contributed by atoms with van der Waals surface area (Å²) in [5.74, 6) is -1.34. The van der Waals surface area contributed by atoms with Gasteiger partial charge in [0.1, 0.15) is 0 Å². The molecule has 0 unspecified atom stereocenters. The summed E-state index contributed by atoms with van der Waals surface area (Å²) in [6.07, 6.45) is 3.05. The molecule has 1 aromatic carbocycles. The van der Waals surface area contributed by atoms with E-state index in [1.807, 2.05) is 13.0 Å². The fraction of sp³-hybridized carbons (Fsp3) is 0.231. The van der Waals surface area contributed by atoms with Gasteiger partial charge in [0.15, 0.2) is 0 Å². The van der Waals surface area contributed by atoms with Crippen LogP contribution in [0, 0.1) is 6.92 Å². The summed E-state index contributed by atoms with van der Waals surface area (Å²) >= 11 is 0. The molecule has 1 rings (SSSR count). The quantitative estimate of drug-likeness (QED) is 0.812. The number of carbonyl (C=O) groups is 2. The van der Waals surface area contributed by atoms with E-state index in [-0.39, 0.29) is 6.42 Å². The molecular weight excluding hydrogens is 220 g/mol. The maximum Gasteiger partial charge on any atom is 0.338 e. The number of benzene rings is 1. The zero-order chi connectivity index (χ0) is 12.8. The standard InChI is InChI=1S/C13H14O4/c1-9-6-7-11(13(16)17-2)10(8-9)4-3-5-12(14)15/h3-4,6-8H,5H2,1-2H3,(H,14,15). The summed E-state index contributed by atoms with van der Waals surface area (Å²) in [6.45, 7) is 1.90. The molecule has 0 aromatic heterocycles. The van der Waals surface area contributed by atoms with Gasteiger partial charge in [-0.2, -0.15) is 0 Å². The second-order valence-corrected chi connectivity index (χ2v) is 3.58. The highest BCUT2D eigenvalue weighted by Crippen LogP contribution is 2.15. The topological polar surface area (TPSA) is 63.6 Å². The number of hydrogen-bond donors (Lipinski definition) is 1. The van der Waals surface area contributed by atoms with Gasteiger partial charge in [-0.25, -0.2) is 4.79 Å². The highest BCUT2D eigenvalue weighted by molar-refractivity contribution is 5.93. The molecule has 1 aromatic rings. The minimum absolute atomic E-state index is 0.0748. The van der Waals surface area contributed by atoms with Crippen molar-refractivity contribution in [3.63, 3.8) is 0 Å². The lowest BCUT2D eigenvalue weighted by Crippen LogP contribution is -2.03. The summed E-state index contributed by atoms with van der Waals surface area (Å²) in [5, 5.41) is 8.53. The zero-order valence-corrected chi connectivity index (χ0v) is 9.77. The van der Waals surface area contributed by atoms with Crippen molar-refractivity contribution in [3.8, 4) is 0 Å². The average molecular weight is 234 g/mol. The van der Waals surface area contributed by atoms with Crippen LogP contribution in [0.15, 0.2) is 24.3 Å². The molecule has 0 saturated carbocycles. The summed E-state index contributed by atoms with van der Waals surface area (Å²) in [4.78, 5) is 21.9. The van der Waals surface area contributed by atoms with Crippen molar-refractivity contribution in [2.45, 2.75) is 13.3 Å². The smallest absolute Gasteiger partial charge is 0.338 e. The Morgan fingerprint density at radius 3 is 2.71 bits per heavy atom. The number of aliphatic carboxylic acids is 1. The number of carboxylic acid groups (broad SMARTS) is 1. The zero-order valence-electron chi connectivity index (χ0n) is 9.77. The first-order valence-electron chi connectivity index (χ1n) is 5.12. The molecule has 0 radical (unpaired) electrons. The fourth-order valence-electron chi connectivity index (χ4n) is 1.40. The molecule has 0 fully saturated rings. The molecule has 0 spiro atoms. The van der Waals surface area contributed by atoms with E-state index in [1.165, 1.54) is 13.2 Å². The van der Waals surface area contributed by atoms with E-state index >= 15 is 0 Å². The van der Waals surface area contributed by atoms with Crippen LogP contribution in [0.25, 0.3) is 6.08 Å². The highest BCUT2D eigenvalue weighted by Gasteiger charge is 2.09. The van der Waals surface area contributed by atoms with Gasteiger partial charge in [0.2, 0.25) is 0 Å². The van der Waals surface area contributed by atoms with Gasteiger partial charge in [0.25, 0.3) is 0 Å². The molecule has 0 aliphatic heterocycles. The van der Waals surface area contributed by atoms with Crippen molar-refractivity contribution in [1.29, 1.82) is 0 Å². The summed E-state index contributed by atoms with van der Waals surface area (Å²) in [5.41, 5.74) is 2.09. The van der Waals surface area contributed by atoms with Gasteiger partial charge >= 0.3 is 11.9 Å². The van der Waals surface area contributed by atoms with Gasteiger partial charge < -0.3 is 9.84 Å². The number of esters is 1. The number of methoxy groups -OCH3 is 1. The third-order valence-corrected chi connectivity index (χ3v) is 2.20. The first-order valence-corrected chi connectivity index (χ1v) is 5.12. The molecular formula is C13H14O4. The Kier molecular flexibility index (Phi) is 4.46. The third-order valence-electron chi connectivity index (χ3n) is 2.20. The van der Waals surface area contributed by atoms with Gasteiger partial charge in [-0.3, -0.25) is 4.79 Å². The number of carboxylic acids is 1. The van der Waals surface area contributed by atoms with Crippen molar-refractivity contribution in [2.75, 3.05) is 7.11 Å². The Morgan fingerprint density at radius 1 is 1.41 bits per heavy atom. The number of ether oxygens (including phenoxy) is 1. The van der Waals surface area contributed by atoms with Crippen molar-refractivity contribution >= 4 is 18.0 Å². The van der Waals surface area contributed by atoms with Crippen LogP contribution in [0.1, 0.15) is 27.9 Å². The molecule has 1 N–H and O–H groups in total. The second-order valence-electron chi connectivity index (χ2n) is 3.58. The lowest BCUT2D eigenvalue weighted by atomic mass is 10.0. The highest BCUT2D eigenvalue weighted by atomic mass is 16.5. The van der Waals surface area contributed by atoms with Crippen LogP contribution < -0.4 is 0 Å². The van der Waals surface area contributed by atoms with E-state index in [9.17, 15) is 9.59 Å². The first kappa shape index (κ1) is 13.0. The van der Waals surface area contributed by atoms with E-state index < -0.39 is 11.9 Å². The minimum atomic E-state index is -0.909. The van der Waals surface area contributed by atoms with Gasteiger partial charge in [-0.05, 0) is 18.6 Å². The van der Waals surface area contributed by atoms with Crippen LogP contribution >= 0.6 is 0 Å². The lowest BCUT2D eigenvalue weighted by Gasteiger charge is -2.05. The summed E-state index contributed by atoms with van der Waals surface area (Å²) < 4.78 is 4.66. The van der Waals surface area contributed by atoms with Crippen molar-refractivity contribution in [1.82, 2.24) is 0 Å². The van der Waals surface area contributed by atoms with Crippen LogP contribution in [-0.2, 0) is 9.53 Å². The normalized spacial score (nSPS) is 10.5. The fourth-order valence-corrected chi connectivity index (χ4v) is 1.40. The molecule has 0 atom stereocenters. The monoisotopic (exact) mass is 234 g/mol. The summed E-state index contributed by atoms with van der Waals surface area (Å²) in [7, 11) is 1.31. The number of carbonyl (C=O) groups excluding carboxylic acids is 1. The van der Waals surface area contributed by atoms with Crippen molar-refractivity contribution < 1.29 is 19.4 Å². The molecule has 4 nitrogen and oxygen atoms in total. The maximum absolute atomic E-state index is 11.5. The maximum atomic E-state index is 11.5. The Labute approximate surface area is 99.5 Å². The molecule has 0 aliphatic carbocycles.